The van der Waals surface area contributed by atoms with Crippen LogP contribution in [0.25, 0.3) is 11.1 Å². The number of hydrogen-bond acceptors (Lipinski definition) is 2. The van der Waals surface area contributed by atoms with Crippen molar-refractivity contribution in [2.24, 2.45) is 17.3 Å². The number of benzene rings is 2. The molecule has 2 heteroatoms. The standard InChI is InChI=1S/C31H35NS/c1-21(2)27-17-31(18-27)15-23(16-31)19-32-29-20-33-30(26-12-13-26)28(29)14-22-8-10-25(11-9-22)24-6-4-3-5-7-24/h3-11,20,23,26-27,32H,1,12-19H2,2H3. The Bertz CT molecular complexity index is 1120. The molecule has 0 amide bonds. The lowest BCUT2D eigenvalue weighted by Crippen LogP contribution is -2.49. The van der Waals surface area contributed by atoms with Gasteiger partial charge in [-0.3, -0.25) is 0 Å². The predicted octanol–water partition coefficient (Wildman–Crippen LogP) is 8.68. The van der Waals surface area contributed by atoms with E-state index >= 15 is 0 Å². The first-order chi connectivity index (χ1) is 16.1. The quantitative estimate of drug-likeness (QED) is 0.336. The smallest absolute Gasteiger partial charge is 0.0487 e. The average Bonchev–Trinajstić information content (AvgIpc) is 3.54. The summed E-state index contributed by atoms with van der Waals surface area (Å²) in [5, 5.41) is 6.29. The van der Waals surface area contributed by atoms with Gasteiger partial charge in [0.2, 0.25) is 0 Å². The number of allylic oxidation sites excluding steroid dienone is 1. The molecule has 3 saturated carbocycles. The fourth-order valence-electron chi connectivity index (χ4n) is 6.30. The highest BCUT2D eigenvalue weighted by atomic mass is 32.1. The van der Waals surface area contributed by atoms with Crippen LogP contribution in [0, 0.1) is 17.3 Å². The van der Waals surface area contributed by atoms with Crippen molar-refractivity contribution in [3.8, 4) is 11.1 Å². The largest absolute Gasteiger partial charge is 0.384 e. The zero-order chi connectivity index (χ0) is 22.4. The van der Waals surface area contributed by atoms with Crippen molar-refractivity contribution < 1.29 is 0 Å². The minimum absolute atomic E-state index is 0.674. The Kier molecular flexibility index (Phi) is 5.45. The maximum Gasteiger partial charge on any atom is 0.0487 e. The van der Waals surface area contributed by atoms with E-state index in [4.69, 9.17) is 0 Å². The highest BCUT2D eigenvalue weighted by Crippen LogP contribution is 2.62. The van der Waals surface area contributed by atoms with Crippen LogP contribution < -0.4 is 5.32 Å². The van der Waals surface area contributed by atoms with Crippen molar-refractivity contribution in [2.75, 3.05) is 11.9 Å². The van der Waals surface area contributed by atoms with E-state index in [1.807, 2.05) is 11.3 Å². The fourth-order valence-corrected chi connectivity index (χ4v) is 7.52. The molecule has 1 heterocycles. The normalized spacial score (nSPS) is 26.0. The van der Waals surface area contributed by atoms with Gasteiger partial charge in [0.05, 0.1) is 0 Å². The van der Waals surface area contributed by atoms with E-state index < -0.39 is 0 Å². The SMILES string of the molecule is C=C(C)C1CC2(CC(CNc3csc(C4CC4)c3Cc3ccc(-c4ccccc4)cc3)C2)C1. The molecule has 3 aliphatic rings. The minimum Gasteiger partial charge on any atom is -0.384 e. The first kappa shape index (κ1) is 21.2. The van der Waals surface area contributed by atoms with Gasteiger partial charge in [0.1, 0.15) is 0 Å². The molecule has 33 heavy (non-hydrogen) atoms. The van der Waals surface area contributed by atoms with Gasteiger partial charge in [0.25, 0.3) is 0 Å². The van der Waals surface area contributed by atoms with Gasteiger partial charge in [0, 0.05) is 28.9 Å². The molecule has 2 aromatic carbocycles. The number of thiophene rings is 1. The molecule has 3 aromatic rings. The van der Waals surface area contributed by atoms with E-state index in [0.29, 0.717) is 5.41 Å². The molecule has 0 atom stereocenters. The minimum atomic E-state index is 0.674. The lowest BCUT2D eigenvalue weighted by atomic mass is 9.47. The molecular formula is C31H35NS. The van der Waals surface area contributed by atoms with Crippen LogP contribution in [0.3, 0.4) is 0 Å². The van der Waals surface area contributed by atoms with Gasteiger partial charge in [-0.1, -0.05) is 66.7 Å². The predicted molar refractivity (Wildman–Crippen MR) is 142 cm³/mol. The zero-order valence-electron chi connectivity index (χ0n) is 19.8. The van der Waals surface area contributed by atoms with Crippen molar-refractivity contribution in [3.63, 3.8) is 0 Å². The van der Waals surface area contributed by atoms with Crippen molar-refractivity contribution in [1.29, 1.82) is 0 Å². The van der Waals surface area contributed by atoms with Crippen molar-refractivity contribution in [3.05, 3.63) is 88.1 Å². The molecule has 1 N–H and O–H groups in total. The molecule has 170 valence electrons. The van der Waals surface area contributed by atoms with E-state index in [1.165, 1.54) is 66.5 Å². The Morgan fingerprint density at radius 3 is 2.33 bits per heavy atom. The summed E-state index contributed by atoms with van der Waals surface area (Å²) in [6.45, 7) is 7.52. The van der Waals surface area contributed by atoms with Crippen molar-refractivity contribution in [1.82, 2.24) is 0 Å². The molecule has 1 aromatic heterocycles. The molecule has 3 fully saturated rings. The number of rotatable bonds is 8. The van der Waals surface area contributed by atoms with Crippen LogP contribution in [0.2, 0.25) is 0 Å². The molecule has 1 nitrogen and oxygen atoms in total. The van der Waals surface area contributed by atoms with Crippen LogP contribution in [-0.2, 0) is 6.42 Å². The molecule has 0 bridgehead atoms. The number of anilines is 1. The average molecular weight is 454 g/mol. The van der Waals surface area contributed by atoms with Gasteiger partial charge in [-0.05, 0) is 90.9 Å². The maximum atomic E-state index is 4.17. The highest BCUT2D eigenvalue weighted by Gasteiger charge is 2.52. The third-order valence-corrected chi connectivity index (χ3v) is 9.58. The maximum absolute atomic E-state index is 4.17. The van der Waals surface area contributed by atoms with E-state index in [1.54, 1.807) is 10.4 Å². The number of nitrogens with one attached hydrogen (secondary N) is 1. The van der Waals surface area contributed by atoms with Gasteiger partial charge in [-0.25, -0.2) is 0 Å². The second-order valence-electron chi connectivity index (χ2n) is 11.1. The first-order valence-corrected chi connectivity index (χ1v) is 13.6. The summed E-state index contributed by atoms with van der Waals surface area (Å²) in [6.07, 6.45) is 9.41. The van der Waals surface area contributed by atoms with Crippen LogP contribution in [0.1, 0.15) is 67.4 Å². The summed E-state index contributed by atoms with van der Waals surface area (Å²) in [5.41, 5.74) is 9.05. The Hall–Kier alpha value is -2.32. The van der Waals surface area contributed by atoms with Gasteiger partial charge < -0.3 is 5.32 Å². The molecular weight excluding hydrogens is 418 g/mol. The molecule has 3 aliphatic carbocycles. The van der Waals surface area contributed by atoms with Gasteiger partial charge in [-0.2, -0.15) is 0 Å². The Balaban J connectivity index is 1.11. The van der Waals surface area contributed by atoms with E-state index in [-0.39, 0.29) is 0 Å². The van der Waals surface area contributed by atoms with Crippen LogP contribution >= 0.6 is 11.3 Å². The summed E-state index contributed by atoms with van der Waals surface area (Å²) < 4.78 is 0. The molecule has 0 radical (unpaired) electrons. The third-order valence-electron chi connectivity index (χ3n) is 8.40. The van der Waals surface area contributed by atoms with Crippen LogP contribution in [0.4, 0.5) is 5.69 Å². The lowest BCUT2D eigenvalue weighted by molar-refractivity contribution is -0.0506. The topological polar surface area (TPSA) is 12.0 Å². The summed E-state index contributed by atoms with van der Waals surface area (Å²) in [4.78, 5) is 1.64. The van der Waals surface area contributed by atoms with Crippen molar-refractivity contribution in [2.45, 2.75) is 57.8 Å². The third kappa shape index (κ3) is 4.30. The highest BCUT2D eigenvalue weighted by molar-refractivity contribution is 7.10. The van der Waals surface area contributed by atoms with Gasteiger partial charge >= 0.3 is 0 Å². The van der Waals surface area contributed by atoms with Gasteiger partial charge in [-0.15, -0.1) is 11.3 Å². The fraction of sp³-hybridized carbons (Fsp3) is 0.419. The van der Waals surface area contributed by atoms with Crippen molar-refractivity contribution >= 4 is 17.0 Å². The van der Waals surface area contributed by atoms with E-state index in [9.17, 15) is 0 Å². The molecule has 0 unspecified atom stereocenters. The molecule has 0 saturated heterocycles. The summed E-state index contributed by atoms with van der Waals surface area (Å²) in [5.74, 6) is 2.46. The Morgan fingerprint density at radius 1 is 0.970 bits per heavy atom. The zero-order valence-corrected chi connectivity index (χ0v) is 20.6. The first-order valence-electron chi connectivity index (χ1n) is 12.7. The number of hydrogen-bond donors (Lipinski definition) is 1. The van der Waals surface area contributed by atoms with Crippen LogP contribution in [0.5, 0.6) is 0 Å². The summed E-state index contributed by atoms with van der Waals surface area (Å²) >= 11 is 1.99. The lowest BCUT2D eigenvalue weighted by Gasteiger charge is -2.58. The summed E-state index contributed by atoms with van der Waals surface area (Å²) in [7, 11) is 0. The van der Waals surface area contributed by atoms with Crippen LogP contribution in [-0.4, -0.2) is 6.54 Å². The Labute approximate surface area is 203 Å². The molecule has 6 rings (SSSR count). The monoisotopic (exact) mass is 453 g/mol. The van der Waals surface area contributed by atoms with Gasteiger partial charge in [0.15, 0.2) is 0 Å². The summed E-state index contributed by atoms with van der Waals surface area (Å²) in [6, 6.07) is 19.9. The van der Waals surface area contributed by atoms with Crippen LogP contribution in [0.15, 0.2) is 72.1 Å². The van der Waals surface area contributed by atoms with E-state index in [2.05, 4.69) is 78.8 Å². The molecule has 1 spiro atoms. The molecule has 0 aliphatic heterocycles. The second kappa shape index (κ2) is 8.47. The second-order valence-corrected chi connectivity index (χ2v) is 12.0. The Morgan fingerprint density at radius 2 is 1.67 bits per heavy atom. The van der Waals surface area contributed by atoms with E-state index in [0.717, 1.165) is 30.7 Å².